The maximum atomic E-state index is 13.6. The van der Waals surface area contributed by atoms with Crippen LogP contribution in [0.1, 0.15) is 18.6 Å². The molecule has 0 saturated carbocycles. The van der Waals surface area contributed by atoms with Crippen LogP contribution in [0.3, 0.4) is 0 Å². The van der Waals surface area contributed by atoms with Gasteiger partial charge in [0.2, 0.25) is 0 Å². The van der Waals surface area contributed by atoms with Crippen LogP contribution in [0.15, 0.2) is 24.3 Å². The second-order valence-corrected chi connectivity index (χ2v) is 4.41. The van der Waals surface area contributed by atoms with Crippen molar-refractivity contribution in [3.05, 3.63) is 35.6 Å². The lowest BCUT2D eigenvalue weighted by Gasteiger charge is -2.24. The van der Waals surface area contributed by atoms with Crippen molar-refractivity contribution in [2.75, 3.05) is 6.54 Å². The van der Waals surface area contributed by atoms with Gasteiger partial charge in [-0.15, -0.1) is 0 Å². The molecule has 1 N–H and O–H groups in total. The van der Waals surface area contributed by atoms with Crippen molar-refractivity contribution in [1.29, 1.82) is 0 Å². The second-order valence-electron chi connectivity index (χ2n) is 4.41. The molecule has 3 heteroatoms. The summed E-state index contributed by atoms with van der Waals surface area (Å²) in [6.45, 7) is 3.06. The molecular formula is C12H14FNO. The highest BCUT2D eigenvalue weighted by molar-refractivity contribution is 5.24. The van der Waals surface area contributed by atoms with Gasteiger partial charge < -0.3 is 10.1 Å². The minimum atomic E-state index is -0.163. The van der Waals surface area contributed by atoms with Crippen molar-refractivity contribution in [3.63, 3.8) is 0 Å². The van der Waals surface area contributed by atoms with Crippen LogP contribution in [-0.4, -0.2) is 18.7 Å². The number of fused-ring (bicyclic) bond motifs is 2. The van der Waals surface area contributed by atoms with E-state index in [1.807, 2.05) is 12.1 Å². The first-order valence-electron chi connectivity index (χ1n) is 5.40. The quantitative estimate of drug-likeness (QED) is 0.759. The van der Waals surface area contributed by atoms with Gasteiger partial charge in [-0.3, -0.25) is 0 Å². The minimum absolute atomic E-state index is 0.111. The van der Waals surface area contributed by atoms with Gasteiger partial charge in [-0.05, 0) is 6.07 Å². The molecule has 2 aliphatic heterocycles. The fourth-order valence-corrected chi connectivity index (χ4v) is 2.66. The molecule has 0 amide bonds. The standard InChI is InChI=1S/C12H14FNO/c1-7-10-6-14-11(7)12(15-10)8-4-2-3-5-9(8)13/h2-5,7,10-12,14H,6H2,1H3/t7-,10+,11-,12+/m1/s1. The first-order chi connectivity index (χ1) is 7.27. The summed E-state index contributed by atoms with van der Waals surface area (Å²) in [6, 6.07) is 7.15. The number of nitrogens with one attached hydrogen (secondary N) is 1. The Balaban J connectivity index is 1.94. The fraction of sp³-hybridized carbons (Fsp3) is 0.500. The molecule has 80 valence electrons. The van der Waals surface area contributed by atoms with Crippen LogP contribution >= 0.6 is 0 Å². The van der Waals surface area contributed by atoms with E-state index in [0.717, 1.165) is 6.54 Å². The predicted octanol–water partition coefficient (Wildman–Crippen LogP) is 1.87. The molecule has 0 spiro atoms. The molecule has 0 unspecified atom stereocenters. The van der Waals surface area contributed by atoms with Gasteiger partial charge in [-0.1, -0.05) is 25.1 Å². The average Bonchev–Trinajstić information content (AvgIpc) is 2.75. The molecule has 0 aliphatic carbocycles. The molecule has 1 aromatic carbocycles. The number of ether oxygens (including phenoxy) is 1. The number of benzene rings is 1. The fourth-order valence-electron chi connectivity index (χ4n) is 2.66. The lowest BCUT2D eigenvalue weighted by Crippen LogP contribution is -2.34. The van der Waals surface area contributed by atoms with E-state index < -0.39 is 0 Å². The van der Waals surface area contributed by atoms with E-state index in [9.17, 15) is 4.39 Å². The third-order valence-electron chi connectivity index (χ3n) is 3.57. The Hall–Kier alpha value is -0.930. The van der Waals surface area contributed by atoms with Gasteiger partial charge in [-0.2, -0.15) is 0 Å². The Labute approximate surface area is 88.4 Å². The summed E-state index contributed by atoms with van der Waals surface area (Å²) in [5, 5.41) is 3.39. The summed E-state index contributed by atoms with van der Waals surface area (Å²) in [7, 11) is 0. The largest absolute Gasteiger partial charge is 0.367 e. The van der Waals surface area contributed by atoms with E-state index in [4.69, 9.17) is 4.74 Å². The van der Waals surface area contributed by atoms with Crippen molar-refractivity contribution in [1.82, 2.24) is 5.32 Å². The maximum Gasteiger partial charge on any atom is 0.129 e. The number of morpholine rings is 1. The molecule has 0 aromatic heterocycles. The highest BCUT2D eigenvalue weighted by atomic mass is 19.1. The first kappa shape index (κ1) is 9.31. The number of hydrogen-bond donors (Lipinski definition) is 1. The van der Waals surface area contributed by atoms with Crippen LogP contribution in [0.25, 0.3) is 0 Å². The van der Waals surface area contributed by atoms with E-state index in [1.165, 1.54) is 6.07 Å². The first-order valence-corrected chi connectivity index (χ1v) is 5.40. The van der Waals surface area contributed by atoms with Crippen LogP contribution in [0.2, 0.25) is 0 Å². The lowest BCUT2D eigenvalue weighted by molar-refractivity contribution is 0.0107. The molecule has 4 atom stereocenters. The molecule has 2 aliphatic rings. The maximum absolute atomic E-state index is 13.6. The monoisotopic (exact) mass is 207 g/mol. The normalized spacial score (nSPS) is 38.5. The number of rotatable bonds is 1. The molecule has 2 heterocycles. The number of halogens is 1. The predicted molar refractivity (Wildman–Crippen MR) is 55.0 cm³/mol. The summed E-state index contributed by atoms with van der Waals surface area (Å²) >= 11 is 0. The third-order valence-corrected chi connectivity index (χ3v) is 3.57. The van der Waals surface area contributed by atoms with Crippen LogP contribution in [0, 0.1) is 11.7 Å². The zero-order valence-electron chi connectivity index (χ0n) is 8.61. The van der Waals surface area contributed by atoms with Gasteiger partial charge >= 0.3 is 0 Å². The van der Waals surface area contributed by atoms with Crippen LogP contribution < -0.4 is 5.32 Å². The van der Waals surface area contributed by atoms with E-state index in [1.54, 1.807) is 6.07 Å². The highest BCUT2D eigenvalue weighted by Crippen LogP contribution is 2.41. The smallest absolute Gasteiger partial charge is 0.129 e. The van der Waals surface area contributed by atoms with E-state index in [0.29, 0.717) is 11.5 Å². The molecule has 0 radical (unpaired) electrons. The SMILES string of the molecule is C[C@H]1[C@H]2NC[C@@H]1O[C@H]2c1ccccc1F. The van der Waals surface area contributed by atoms with Crippen LogP contribution in [0.4, 0.5) is 4.39 Å². The minimum Gasteiger partial charge on any atom is -0.367 e. The Morgan fingerprint density at radius 2 is 2.20 bits per heavy atom. The van der Waals surface area contributed by atoms with Crippen molar-refractivity contribution >= 4 is 0 Å². The summed E-state index contributed by atoms with van der Waals surface area (Å²) in [5.41, 5.74) is 0.684. The third kappa shape index (κ3) is 1.30. The van der Waals surface area contributed by atoms with Crippen molar-refractivity contribution < 1.29 is 9.13 Å². The van der Waals surface area contributed by atoms with Gasteiger partial charge in [0.05, 0.1) is 6.10 Å². The highest BCUT2D eigenvalue weighted by Gasteiger charge is 2.47. The lowest BCUT2D eigenvalue weighted by atomic mass is 9.96. The van der Waals surface area contributed by atoms with Gasteiger partial charge in [0, 0.05) is 24.1 Å². The molecule has 2 nitrogen and oxygen atoms in total. The molecular weight excluding hydrogens is 193 g/mol. The molecule has 2 saturated heterocycles. The Morgan fingerprint density at radius 1 is 1.40 bits per heavy atom. The Kier molecular flexibility index (Phi) is 2.04. The molecule has 2 bridgehead atoms. The van der Waals surface area contributed by atoms with Gasteiger partial charge in [-0.25, -0.2) is 4.39 Å². The van der Waals surface area contributed by atoms with E-state index >= 15 is 0 Å². The average molecular weight is 207 g/mol. The van der Waals surface area contributed by atoms with Crippen molar-refractivity contribution in [2.24, 2.45) is 5.92 Å². The van der Waals surface area contributed by atoms with E-state index in [2.05, 4.69) is 12.2 Å². The molecule has 3 rings (SSSR count). The summed E-state index contributed by atoms with van der Waals surface area (Å²) in [6.07, 6.45) is 0.138. The zero-order chi connectivity index (χ0) is 10.4. The summed E-state index contributed by atoms with van der Waals surface area (Å²) < 4.78 is 19.4. The summed E-state index contributed by atoms with van der Waals surface area (Å²) in [5.74, 6) is 0.318. The van der Waals surface area contributed by atoms with Gasteiger partial charge in [0.15, 0.2) is 0 Å². The molecule has 15 heavy (non-hydrogen) atoms. The zero-order valence-corrected chi connectivity index (χ0v) is 8.61. The van der Waals surface area contributed by atoms with Gasteiger partial charge in [0.25, 0.3) is 0 Å². The number of hydrogen-bond acceptors (Lipinski definition) is 2. The molecule has 1 aromatic rings. The Morgan fingerprint density at radius 3 is 2.80 bits per heavy atom. The second kappa shape index (κ2) is 3.29. The summed E-state index contributed by atoms with van der Waals surface area (Å²) in [4.78, 5) is 0. The molecule has 2 fully saturated rings. The van der Waals surface area contributed by atoms with Crippen LogP contribution in [-0.2, 0) is 4.74 Å². The van der Waals surface area contributed by atoms with Crippen LogP contribution in [0.5, 0.6) is 0 Å². The van der Waals surface area contributed by atoms with Crippen molar-refractivity contribution in [2.45, 2.75) is 25.2 Å². The van der Waals surface area contributed by atoms with Gasteiger partial charge in [0.1, 0.15) is 11.9 Å². The van der Waals surface area contributed by atoms with Crippen molar-refractivity contribution in [3.8, 4) is 0 Å². The van der Waals surface area contributed by atoms with E-state index in [-0.39, 0.29) is 24.1 Å². The Bertz CT molecular complexity index is 382. The topological polar surface area (TPSA) is 21.3 Å².